The van der Waals surface area contributed by atoms with Crippen LogP contribution in [0, 0.1) is 6.92 Å². The minimum atomic E-state index is -2.61. The lowest BCUT2D eigenvalue weighted by molar-refractivity contribution is -0.287. The third-order valence-electron chi connectivity index (χ3n) is 3.43. The number of hydrogen-bond donors (Lipinski definition) is 6. The Hall–Kier alpha value is -1.74. The van der Waals surface area contributed by atoms with Crippen molar-refractivity contribution in [3.8, 4) is 23.0 Å². The summed E-state index contributed by atoms with van der Waals surface area (Å²) in [7, 11) is 0. The van der Waals surface area contributed by atoms with Crippen molar-refractivity contribution in [3.63, 3.8) is 0 Å². The van der Waals surface area contributed by atoms with Crippen LogP contribution in [-0.4, -0.2) is 61.8 Å². The number of aromatic hydroxyl groups is 4. The van der Waals surface area contributed by atoms with Gasteiger partial charge in [0.15, 0.2) is 11.5 Å². The first-order valence-corrected chi connectivity index (χ1v) is 6.03. The predicted molar refractivity (Wildman–Crippen MR) is 66.3 cm³/mol. The largest absolute Gasteiger partial charge is 0.504 e. The SMILES string of the molecule is Cc1c(O)c(O)c(O)c(O)c1C(O)(O)N1CCOCC1. The molecule has 8 nitrogen and oxygen atoms in total. The summed E-state index contributed by atoms with van der Waals surface area (Å²) in [5, 5.41) is 59.0. The molecule has 0 saturated carbocycles. The van der Waals surface area contributed by atoms with Crippen molar-refractivity contribution in [3.05, 3.63) is 11.1 Å². The summed E-state index contributed by atoms with van der Waals surface area (Å²) in [4.78, 5) is 1.22. The van der Waals surface area contributed by atoms with Gasteiger partial charge in [-0.15, -0.1) is 0 Å². The van der Waals surface area contributed by atoms with Crippen molar-refractivity contribution in [2.24, 2.45) is 0 Å². The van der Waals surface area contributed by atoms with E-state index in [2.05, 4.69) is 0 Å². The second-order valence-corrected chi connectivity index (χ2v) is 4.63. The Kier molecular flexibility index (Phi) is 3.65. The molecule has 6 N–H and O–H groups in total. The molecule has 0 bridgehead atoms. The molecule has 0 atom stereocenters. The molecule has 8 heteroatoms. The molecule has 0 spiro atoms. The van der Waals surface area contributed by atoms with Gasteiger partial charge in [-0.1, -0.05) is 0 Å². The smallest absolute Gasteiger partial charge is 0.257 e. The molecule has 1 saturated heterocycles. The van der Waals surface area contributed by atoms with Gasteiger partial charge in [0, 0.05) is 18.7 Å². The van der Waals surface area contributed by atoms with Gasteiger partial charge in [-0.2, -0.15) is 0 Å². The number of phenolic OH excluding ortho intramolecular Hbond substituents is 4. The number of nitrogens with zero attached hydrogens (tertiary/aromatic N) is 1. The molecule has 2 rings (SSSR count). The molecule has 20 heavy (non-hydrogen) atoms. The lowest BCUT2D eigenvalue weighted by Crippen LogP contribution is -2.51. The van der Waals surface area contributed by atoms with E-state index in [9.17, 15) is 30.6 Å². The first-order valence-electron chi connectivity index (χ1n) is 6.03. The molecule has 0 radical (unpaired) electrons. The summed E-state index contributed by atoms with van der Waals surface area (Å²) >= 11 is 0. The first-order chi connectivity index (χ1) is 9.28. The average molecular weight is 287 g/mol. The molecule has 1 fully saturated rings. The van der Waals surface area contributed by atoms with Crippen LogP contribution in [0.5, 0.6) is 23.0 Å². The highest BCUT2D eigenvalue weighted by Gasteiger charge is 2.41. The number of phenols is 4. The van der Waals surface area contributed by atoms with Crippen molar-refractivity contribution < 1.29 is 35.4 Å². The summed E-state index contributed by atoms with van der Waals surface area (Å²) in [5.41, 5.74) is -0.624. The van der Waals surface area contributed by atoms with Crippen LogP contribution < -0.4 is 0 Å². The number of hydrogen-bond acceptors (Lipinski definition) is 8. The minimum absolute atomic E-state index is 0.144. The lowest BCUT2D eigenvalue weighted by Gasteiger charge is -2.38. The summed E-state index contributed by atoms with van der Waals surface area (Å²) in [6.45, 7) is 2.21. The fraction of sp³-hybridized carbons (Fsp3) is 0.500. The second-order valence-electron chi connectivity index (χ2n) is 4.63. The molecule has 112 valence electrons. The van der Waals surface area contributed by atoms with E-state index in [1.54, 1.807) is 0 Å². The van der Waals surface area contributed by atoms with Gasteiger partial charge in [-0.25, -0.2) is 4.90 Å². The van der Waals surface area contributed by atoms with Gasteiger partial charge in [-0.05, 0) is 6.92 Å². The van der Waals surface area contributed by atoms with E-state index < -0.39 is 34.5 Å². The van der Waals surface area contributed by atoms with Crippen molar-refractivity contribution in [1.29, 1.82) is 0 Å². The molecular formula is C12H17NO7. The maximum Gasteiger partial charge on any atom is 0.257 e. The van der Waals surface area contributed by atoms with Crippen molar-refractivity contribution in [1.82, 2.24) is 4.90 Å². The molecule has 1 aliphatic rings. The van der Waals surface area contributed by atoms with Gasteiger partial charge in [-0.3, -0.25) is 0 Å². The van der Waals surface area contributed by atoms with Crippen LogP contribution >= 0.6 is 0 Å². The Morgan fingerprint density at radius 2 is 1.40 bits per heavy atom. The van der Waals surface area contributed by atoms with Gasteiger partial charge in [0.05, 0.1) is 18.8 Å². The molecule has 1 aromatic carbocycles. The van der Waals surface area contributed by atoms with Gasteiger partial charge >= 0.3 is 0 Å². The van der Waals surface area contributed by atoms with Crippen LogP contribution in [0.4, 0.5) is 0 Å². The molecule has 1 aromatic rings. The highest BCUT2D eigenvalue weighted by molar-refractivity contribution is 5.65. The van der Waals surface area contributed by atoms with E-state index in [0.717, 1.165) is 0 Å². The Morgan fingerprint density at radius 1 is 0.900 bits per heavy atom. The molecule has 0 aliphatic carbocycles. The third kappa shape index (κ3) is 2.12. The Labute approximate surface area is 114 Å². The highest BCUT2D eigenvalue weighted by Crippen LogP contribution is 2.50. The number of aliphatic hydroxyl groups is 2. The van der Waals surface area contributed by atoms with Crippen LogP contribution in [0.3, 0.4) is 0 Å². The van der Waals surface area contributed by atoms with Crippen LogP contribution in [0.15, 0.2) is 0 Å². The van der Waals surface area contributed by atoms with E-state index in [4.69, 9.17) is 4.74 Å². The van der Waals surface area contributed by atoms with Gasteiger partial charge in [0.2, 0.25) is 11.5 Å². The summed E-state index contributed by atoms with van der Waals surface area (Å²) in [6, 6.07) is 0. The Balaban J connectivity index is 2.56. The highest BCUT2D eigenvalue weighted by atomic mass is 16.5. The summed E-state index contributed by atoms with van der Waals surface area (Å²) in [5.74, 6) is -6.16. The number of morpholine rings is 1. The molecule has 1 heterocycles. The predicted octanol–water partition coefficient (Wildman–Crippen LogP) is -0.755. The van der Waals surface area contributed by atoms with Gasteiger partial charge in [0.25, 0.3) is 5.91 Å². The van der Waals surface area contributed by atoms with Crippen LogP contribution in [0.25, 0.3) is 0 Å². The van der Waals surface area contributed by atoms with E-state index in [1.165, 1.54) is 11.8 Å². The number of rotatable bonds is 2. The zero-order valence-electron chi connectivity index (χ0n) is 10.9. The standard InChI is InChI=1S/C12H17NO7/c1-6-7(9(15)11(17)10(16)8(6)14)12(18,19)13-2-4-20-5-3-13/h14-19H,2-5H2,1H3. The maximum atomic E-state index is 10.3. The normalized spacial score (nSPS) is 17.4. The summed E-state index contributed by atoms with van der Waals surface area (Å²) < 4.78 is 5.09. The zero-order chi connectivity index (χ0) is 15.1. The van der Waals surface area contributed by atoms with Crippen LogP contribution in [-0.2, 0) is 10.6 Å². The fourth-order valence-corrected chi connectivity index (χ4v) is 2.26. The Bertz CT molecular complexity index is 494. The third-order valence-corrected chi connectivity index (χ3v) is 3.43. The first kappa shape index (κ1) is 14.7. The topological polar surface area (TPSA) is 134 Å². The van der Waals surface area contributed by atoms with Crippen LogP contribution in [0.2, 0.25) is 0 Å². The number of benzene rings is 1. The molecule has 1 aliphatic heterocycles. The van der Waals surface area contributed by atoms with Crippen LogP contribution in [0.1, 0.15) is 11.1 Å². The summed E-state index contributed by atoms with van der Waals surface area (Å²) in [6.07, 6.45) is 0. The quantitative estimate of drug-likeness (QED) is 0.237. The average Bonchev–Trinajstić information content (AvgIpc) is 2.44. The fourth-order valence-electron chi connectivity index (χ4n) is 2.26. The van der Waals surface area contributed by atoms with E-state index in [0.29, 0.717) is 0 Å². The van der Waals surface area contributed by atoms with E-state index in [-0.39, 0.29) is 31.9 Å². The van der Waals surface area contributed by atoms with Crippen molar-refractivity contribution in [2.75, 3.05) is 26.3 Å². The Morgan fingerprint density at radius 3 is 1.95 bits per heavy atom. The van der Waals surface area contributed by atoms with E-state index in [1.807, 2.05) is 0 Å². The van der Waals surface area contributed by atoms with Crippen molar-refractivity contribution >= 4 is 0 Å². The maximum absolute atomic E-state index is 10.3. The molecular weight excluding hydrogens is 270 g/mol. The van der Waals surface area contributed by atoms with Gasteiger partial charge < -0.3 is 35.4 Å². The van der Waals surface area contributed by atoms with E-state index >= 15 is 0 Å². The molecule has 0 aromatic heterocycles. The zero-order valence-corrected chi connectivity index (χ0v) is 10.9. The van der Waals surface area contributed by atoms with Crippen molar-refractivity contribution in [2.45, 2.75) is 12.8 Å². The minimum Gasteiger partial charge on any atom is -0.504 e. The molecule has 0 amide bonds. The number of ether oxygens (including phenoxy) is 1. The molecule has 0 unspecified atom stereocenters. The monoisotopic (exact) mass is 287 g/mol. The van der Waals surface area contributed by atoms with Gasteiger partial charge in [0.1, 0.15) is 0 Å². The lowest BCUT2D eigenvalue weighted by atomic mass is 10.00. The second kappa shape index (κ2) is 4.98.